The number of hydrogen-bond acceptors (Lipinski definition) is 1. The third kappa shape index (κ3) is 2.82. The Balaban J connectivity index is 2.19. The number of likely N-dealkylation sites (tertiary alicyclic amines) is 1. The van der Waals surface area contributed by atoms with Gasteiger partial charge in [-0.25, -0.2) is 0 Å². The molecule has 0 N–H and O–H groups in total. The van der Waals surface area contributed by atoms with E-state index in [1.54, 1.807) is 0 Å². The van der Waals surface area contributed by atoms with E-state index in [9.17, 15) is 0 Å². The van der Waals surface area contributed by atoms with Crippen LogP contribution in [0.1, 0.15) is 33.6 Å². The molecule has 1 saturated heterocycles. The first kappa shape index (κ1) is 9.05. The van der Waals surface area contributed by atoms with E-state index in [4.69, 9.17) is 0 Å². The van der Waals surface area contributed by atoms with E-state index in [0.717, 1.165) is 11.8 Å². The topological polar surface area (TPSA) is 3.24 Å². The second-order valence-electron chi connectivity index (χ2n) is 4.18. The van der Waals surface area contributed by atoms with Crippen LogP contribution in [0.3, 0.4) is 0 Å². The average Bonchev–Trinajstić information content (AvgIpc) is 2.34. The third-order valence-electron chi connectivity index (χ3n) is 2.62. The van der Waals surface area contributed by atoms with Gasteiger partial charge in [0.1, 0.15) is 0 Å². The summed E-state index contributed by atoms with van der Waals surface area (Å²) in [6.07, 6.45) is 2.86. The largest absolute Gasteiger partial charge is 0.303 e. The zero-order valence-corrected chi connectivity index (χ0v) is 8.14. The lowest BCUT2D eigenvalue weighted by Gasteiger charge is -2.14. The lowest BCUT2D eigenvalue weighted by Crippen LogP contribution is -2.20. The van der Waals surface area contributed by atoms with Crippen LogP contribution in [0.25, 0.3) is 0 Å². The number of hydrogen-bond donors (Lipinski definition) is 0. The van der Waals surface area contributed by atoms with Gasteiger partial charge in [-0.05, 0) is 37.8 Å². The van der Waals surface area contributed by atoms with Crippen molar-refractivity contribution in [2.24, 2.45) is 11.8 Å². The monoisotopic (exact) mass is 155 g/mol. The minimum atomic E-state index is 0.886. The summed E-state index contributed by atoms with van der Waals surface area (Å²) < 4.78 is 0. The van der Waals surface area contributed by atoms with Crippen LogP contribution >= 0.6 is 0 Å². The smallest absolute Gasteiger partial charge is 0.00101 e. The van der Waals surface area contributed by atoms with Crippen molar-refractivity contribution in [3.8, 4) is 0 Å². The van der Waals surface area contributed by atoms with Crippen molar-refractivity contribution >= 4 is 0 Å². The van der Waals surface area contributed by atoms with Gasteiger partial charge in [0.05, 0.1) is 0 Å². The molecule has 1 nitrogen and oxygen atoms in total. The van der Waals surface area contributed by atoms with Crippen molar-refractivity contribution < 1.29 is 0 Å². The zero-order valence-electron chi connectivity index (χ0n) is 8.14. The van der Waals surface area contributed by atoms with Crippen molar-refractivity contribution in [2.45, 2.75) is 33.6 Å². The van der Waals surface area contributed by atoms with Crippen molar-refractivity contribution in [3.63, 3.8) is 0 Å². The van der Waals surface area contributed by atoms with Crippen LogP contribution in [0.2, 0.25) is 0 Å². The van der Waals surface area contributed by atoms with Gasteiger partial charge in [0.15, 0.2) is 0 Å². The molecule has 0 aromatic carbocycles. The highest BCUT2D eigenvalue weighted by Crippen LogP contribution is 2.22. The first-order chi connectivity index (χ1) is 5.22. The van der Waals surface area contributed by atoms with Gasteiger partial charge in [-0.15, -0.1) is 0 Å². The molecule has 1 rings (SSSR count). The van der Waals surface area contributed by atoms with Gasteiger partial charge in [-0.2, -0.15) is 0 Å². The van der Waals surface area contributed by atoms with E-state index in [1.165, 1.54) is 32.5 Å². The van der Waals surface area contributed by atoms with Crippen LogP contribution in [0, 0.1) is 11.8 Å². The summed E-state index contributed by atoms with van der Waals surface area (Å²) >= 11 is 0. The molecular formula is C10H21N. The molecule has 0 unspecified atom stereocenters. The summed E-state index contributed by atoms with van der Waals surface area (Å²) in [7, 11) is 0. The first-order valence-corrected chi connectivity index (χ1v) is 4.94. The second kappa shape index (κ2) is 4.10. The average molecular weight is 155 g/mol. The molecule has 0 amide bonds. The molecule has 1 atom stereocenters. The Kier molecular flexibility index (Phi) is 3.38. The van der Waals surface area contributed by atoms with Crippen LogP contribution in [-0.2, 0) is 0 Å². The lowest BCUT2D eigenvalue weighted by atomic mass is 9.97. The summed E-state index contributed by atoms with van der Waals surface area (Å²) in [5.74, 6) is 1.88. The maximum absolute atomic E-state index is 2.56. The van der Waals surface area contributed by atoms with Gasteiger partial charge in [-0.3, -0.25) is 0 Å². The number of rotatable bonds is 3. The normalized spacial score (nSPS) is 26.7. The van der Waals surface area contributed by atoms with Gasteiger partial charge in [0.2, 0.25) is 0 Å². The molecule has 0 radical (unpaired) electrons. The van der Waals surface area contributed by atoms with E-state index in [2.05, 4.69) is 25.7 Å². The molecule has 0 aliphatic carbocycles. The van der Waals surface area contributed by atoms with E-state index in [-0.39, 0.29) is 0 Å². The second-order valence-corrected chi connectivity index (χ2v) is 4.18. The number of nitrogens with zero attached hydrogens (tertiary/aromatic N) is 1. The van der Waals surface area contributed by atoms with Gasteiger partial charge in [0, 0.05) is 6.54 Å². The summed E-state index contributed by atoms with van der Waals surface area (Å²) in [4.78, 5) is 2.56. The predicted octanol–water partition coefficient (Wildman–Crippen LogP) is 2.37. The molecule has 0 saturated carbocycles. The molecule has 1 heterocycles. The van der Waals surface area contributed by atoms with Crippen LogP contribution < -0.4 is 0 Å². The highest BCUT2D eigenvalue weighted by Gasteiger charge is 2.21. The fourth-order valence-corrected chi connectivity index (χ4v) is 2.06. The summed E-state index contributed by atoms with van der Waals surface area (Å²) in [5.41, 5.74) is 0. The quantitative estimate of drug-likeness (QED) is 0.605. The Bertz CT molecular complexity index is 109. The fourth-order valence-electron chi connectivity index (χ4n) is 2.06. The molecule has 1 heteroatoms. The minimum absolute atomic E-state index is 0.886. The Labute approximate surface area is 70.8 Å². The van der Waals surface area contributed by atoms with E-state index in [0.29, 0.717) is 0 Å². The Morgan fingerprint density at radius 1 is 1.45 bits per heavy atom. The molecule has 1 aliphatic rings. The summed E-state index contributed by atoms with van der Waals surface area (Å²) in [6, 6.07) is 0. The van der Waals surface area contributed by atoms with Gasteiger partial charge >= 0.3 is 0 Å². The molecular weight excluding hydrogens is 134 g/mol. The molecule has 0 spiro atoms. The molecule has 1 aliphatic heterocycles. The van der Waals surface area contributed by atoms with E-state index >= 15 is 0 Å². The van der Waals surface area contributed by atoms with Crippen LogP contribution in [0.15, 0.2) is 0 Å². The van der Waals surface area contributed by atoms with Gasteiger partial charge < -0.3 is 4.90 Å². The van der Waals surface area contributed by atoms with Crippen molar-refractivity contribution in [1.82, 2.24) is 4.90 Å². The highest BCUT2D eigenvalue weighted by atomic mass is 15.1. The van der Waals surface area contributed by atoms with Crippen LogP contribution in [-0.4, -0.2) is 24.5 Å². The van der Waals surface area contributed by atoms with E-state index < -0.39 is 0 Å². The van der Waals surface area contributed by atoms with E-state index in [1.807, 2.05) is 0 Å². The van der Waals surface area contributed by atoms with Crippen molar-refractivity contribution in [2.75, 3.05) is 19.6 Å². The SMILES string of the molecule is CCN1CC[C@@H](CC(C)C)C1. The van der Waals surface area contributed by atoms with Gasteiger partial charge in [0.25, 0.3) is 0 Å². The molecule has 1 fully saturated rings. The molecule has 0 bridgehead atoms. The molecule has 11 heavy (non-hydrogen) atoms. The summed E-state index contributed by atoms with van der Waals surface area (Å²) in [6.45, 7) is 10.9. The maximum Gasteiger partial charge on any atom is 0.00101 e. The van der Waals surface area contributed by atoms with Crippen LogP contribution in [0.5, 0.6) is 0 Å². The third-order valence-corrected chi connectivity index (χ3v) is 2.62. The minimum Gasteiger partial charge on any atom is -0.303 e. The molecule has 0 aromatic rings. The Morgan fingerprint density at radius 3 is 2.64 bits per heavy atom. The maximum atomic E-state index is 2.56. The summed E-state index contributed by atoms with van der Waals surface area (Å²) in [5, 5.41) is 0. The fraction of sp³-hybridized carbons (Fsp3) is 1.00. The molecule has 0 aromatic heterocycles. The lowest BCUT2D eigenvalue weighted by molar-refractivity contribution is 0.327. The highest BCUT2D eigenvalue weighted by molar-refractivity contribution is 4.75. The van der Waals surface area contributed by atoms with Gasteiger partial charge in [-0.1, -0.05) is 20.8 Å². The zero-order chi connectivity index (χ0) is 8.27. The predicted molar refractivity (Wildman–Crippen MR) is 49.7 cm³/mol. The van der Waals surface area contributed by atoms with Crippen molar-refractivity contribution in [3.05, 3.63) is 0 Å². The van der Waals surface area contributed by atoms with Crippen molar-refractivity contribution in [1.29, 1.82) is 0 Å². The Morgan fingerprint density at radius 2 is 2.18 bits per heavy atom. The van der Waals surface area contributed by atoms with Crippen LogP contribution in [0.4, 0.5) is 0 Å². The Hall–Kier alpha value is -0.0400. The standard InChI is InChI=1S/C10H21N/c1-4-11-6-5-10(8-11)7-9(2)3/h9-10H,4-8H2,1-3H3/t10-/m0/s1. The molecule has 66 valence electrons. The first-order valence-electron chi connectivity index (χ1n) is 4.94.